The Hall–Kier alpha value is -3.06. The largest absolute Gasteiger partial charge is 0.457 e. The van der Waals surface area contributed by atoms with Gasteiger partial charge < -0.3 is 4.74 Å². The molecule has 0 N–H and O–H groups in total. The molecule has 118 valence electrons. The third-order valence-electron chi connectivity index (χ3n) is 3.64. The molecule has 1 nitrogen and oxygen atoms in total. The predicted octanol–water partition coefficient (Wildman–Crippen LogP) is 6.13. The van der Waals surface area contributed by atoms with E-state index in [1.807, 2.05) is 60.7 Å². The second kappa shape index (κ2) is 7.98. The van der Waals surface area contributed by atoms with E-state index in [-0.39, 0.29) is 0 Å². The van der Waals surface area contributed by atoms with Gasteiger partial charge in [0.25, 0.3) is 0 Å². The van der Waals surface area contributed by atoms with Gasteiger partial charge in [-0.05, 0) is 30.7 Å². The third kappa shape index (κ3) is 4.47. The molecule has 0 radical (unpaired) electrons. The molecular weight excluding hydrogens is 292 g/mol. The first-order chi connectivity index (χ1) is 11.8. The first-order valence-corrected chi connectivity index (χ1v) is 8.04. The highest BCUT2D eigenvalue weighted by atomic mass is 16.5. The summed E-state index contributed by atoms with van der Waals surface area (Å²) in [6.45, 7) is 2.08. The van der Waals surface area contributed by atoms with E-state index in [2.05, 4.69) is 49.4 Å². The fourth-order valence-corrected chi connectivity index (χ4v) is 2.33. The molecule has 3 rings (SSSR count). The maximum Gasteiger partial charge on any atom is 0.134 e. The second-order valence-corrected chi connectivity index (χ2v) is 5.58. The standard InChI is InChI=1S/C23H20O/c1-19-15-17-21(18-16-19)23(24-22-12-6-3-7-13-22)14-8-11-20-9-4-2-5-10-20/h2-18H,1H3/b11-8+,23-14-. The van der Waals surface area contributed by atoms with Gasteiger partial charge in [-0.3, -0.25) is 0 Å². The van der Waals surface area contributed by atoms with E-state index in [0.717, 1.165) is 22.6 Å². The van der Waals surface area contributed by atoms with E-state index in [1.165, 1.54) is 5.56 Å². The summed E-state index contributed by atoms with van der Waals surface area (Å²) in [6.07, 6.45) is 6.10. The average molecular weight is 312 g/mol. The molecule has 3 aromatic rings. The van der Waals surface area contributed by atoms with Crippen molar-refractivity contribution in [2.24, 2.45) is 0 Å². The first-order valence-electron chi connectivity index (χ1n) is 8.04. The summed E-state index contributed by atoms with van der Waals surface area (Å²) in [5.74, 6) is 1.66. The van der Waals surface area contributed by atoms with Crippen molar-refractivity contribution in [3.63, 3.8) is 0 Å². The van der Waals surface area contributed by atoms with Crippen LogP contribution in [0.15, 0.2) is 97.1 Å². The lowest BCUT2D eigenvalue weighted by Gasteiger charge is -2.10. The van der Waals surface area contributed by atoms with Crippen LogP contribution in [0.25, 0.3) is 11.8 Å². The van der Waals surface area contributed by atoms with Crippen LogP contribution in [0.1, 0.15) is 16.7 Å². The lowest BCUT2D eigenvalue weighted by Crippen LogP contribution is -1.94. The Balaban J connectivity index is 1.87. The number of para-hydroxylation sites is 1. The zero-order valence-electron chi connectivity index (χ0n) is 13.7. The van der Waals surface area contributed by atoms with Crippen LogP contribution in [0.4, 0.5) is 0 Å². The van der Waals surface area contributed by atoms with Crippen LogP contribution in [-0.2, 0) is 0 Å². The highest BCUT2D eigenvalue weighted by Crippen LogP contribution is 2.21. The number of hydrogen-bond donors (Lipinski definition) is 0. The molecule has 0 heterocycles. The van der Waals surface area contributed by atoms with Gasteiger partial charge in [0.05, 0.1) is 0 Å². The van der Waals surface area contributed by atoms with Crippen molar-refractivity contribution in [2.75, 3.05) is 0 Å². The molecule has 0 aromatic heterocycles. The molecule has 0 saturated heterocycles. The molecule has 3 aromatic carbocycles. The van der Waals surface area contributed by atoms with Gasteiger partial charge in [0, 0.05) is 5.56 Å². The maximum absolute atomic E-state index is 6.09. The Kier molecular flexibility index (Phi) is 5.26. The fourth-order valence-electron chi connectivity index (χ4n) is 2.33. The van der Waals surface area contributed by atoms with Crippen molar-refractivity contribution in [2.45, 2.75) is 6.92 Å². The van der Waals surface area contributed by atoms with Gasteiger partial charge in [0.1, 0.15) is 11.5 Å². The summed E-state index contributed by atoms with van der Waals surface area (Å²) >= 11 is 0. The molecule has 0 bridgehead atoms. The summed E-state index contributed by atoms with van der Waals surface area (Å²) in [5, 5.41) is 0. The number of hydrogen-bond acceptors (Lipinski definition) is 1. The second-order valence-electron chi connectivity index (χ2n) is 5.58. The fraction of sp³-hybridized carbons (Fsp3) is 0.0435. The topological polar surface area (TPSA) is 9.23 Å². The van der Waals surface area contributed by atoms with Gasteiger partial charge in [-0.1, -0.05) is 90.5 Å². The van der Waals surface area contributed by atoms with Crippen molar-refractivity contribution in [1.29, 1.82) is 0 Å². The zero-order valence-corrected chi connectivity index (χ0v) is 13.7. The molecule has 0 atom stereocenters. The Morgan fingerprint density at radius 1 is 0.750 bits per heavy atom. The Morgan fingerprint density at radius 3 is 2.04 bits per heavy atom. The molecule has 1 heteroatoms. The molecule has 0 spiro atoms. The normalized spacial score (nSPS) is 11.6. The molecule has 0 aliphatic carbocycles. The van der Waals surface area contributed by atoms with E-state index in [9.17, 15) is 0 Å². The third-order valence-corrected chi connectivity index (χ3v) is 3.64. The Bertz CT molecular complexity index is 813. The monoisotopic (exact) mass is 312 g/mol. The van der Waals surface area contributed by atoms with Crippen LogP contribution in [0.2, 0.25) is 0 Å². The van der Waals surface area contributed by atoms with Gasteiger partial charge in [-0.2, -0.15) is 0 Å². The van der Waals surface area contributed by atoms with E-state index >= 15 is 0 Å². The molecule has 0 fully saturated rings. The van der Waals surface area contributed by atoms with Gasteiger partial charge in [-0.25, -0.2) is 0 Å². The van der Waals surface area contributed by atoms with Gasteiger partial charge in [0.2, 0.25) is 0 Å². The number of ether oxygens (including phenoxy) is 1. The molecule has 0 aliphatic rings. The van der Waals surface area contributed by atoms with Crippen LogP contribution in [0, 0.1) is 6.92 Å². The smallest absolute Gasteiger partial charge is 0.134 e. The minimum Gasteiger partial charge on any atom is -0.457 e. The number of allylic oxidation sites excluding steroid dienone is 2. The van der Waals surface area contributed by atoms with Crippen molar-refractivity contribution >= 4 is 11.8 Å². The van der Waals surface area contributed by atoms with E-state index in [1.54, 1.807) is 0 Å². The quantitative estimate of drug-likeness (QED) is 0.407. The van der Waals surface area contributed by atoms with Crippen LogP contribution in [0.5, 0.6) is 5.75 Å². The molecule has 0 saturated carbocycles. The van der Waals surface area contributed by atoms with Crippen LogP contribution in [-0.4, -0.2) is 0 Å². The highest BCUT2D eigenvalue weighted by molar-refractivity contribution is 5.66. The SMILES string of the molecule is Cc1ccc(/C(=C/C=C/c2ccccc2)Oc2ccccc2)cc1. The zero-order chi connectivity index (χ0) is 16.6. The van der Waals surface area contributed by atoms with Crippen molar-refractivity contribution < 1.29 is 4.74 Å². The van der Waals surface area contributed by atoms with Gasteiger partial charge >= 0.3 is 0 Å². The first kappa shape index (κ1) is 15.8. The van der Waals surface area contributed by atoms with Crippen molar-refractivity contribution in [3.8, 4) is 5.75 Å². The Labute approximate surface area is 143 Å². The number of benzene rings is 3. The maximum atomic E-state index is 6.09. The van der Waals surface area contributed by atoms with Crippen LogP contribution < -0.4 is 4.74 Å². The minimum absolute atomic E-state index is 0.827. The van der Waals surface area contributed by atoms with Crippen molar-refractivity contribution in [1.82, 2.24) is 0 Å². The van der Waals surface area contributed by atoms with Crippen molar-refractivity contribution in [3.05, 3.63) is 114 Å². The summed E-state index contributed by atoms with van der Waals surface area (Å²) < 4.78 is 6.09. The van der Waals surface area contributed by atoms with Gasteiger partial charge in [-0.15, -0.1) is 0 Å². The van der Waals surface area contributed by atoms with E-state index in [4.69, 9.17) is 4.74 Å². The van der Waals surface area contributed by atoms with E-state index in [0.29, 0.717) is 0 Å². The summed E-state index contributed by atoms with van der Waals surface area (Å²) in [6, 6.07) is 28.5. The summed E-state index contributed by atoms with van der Waals surface area (Å²) in [5.41, 5.74) is 3.46. The van der Waals surface area contributed by atoms with E-state index < -0.39 is 0 Å². The highest BCUT2D eigenvalue weighted by Gasteiger charge is 2.03. The average Bonchev–Trinajstić information content (AvgIpc) is 2.63. The minimum atomic E-state index is 0.827. The number of aryl methyl sites for hydroxylation is 1. The van der Waals surface area contributed by atoms with Crippen LogP contribution >= 0.6 is 0 Å². The number of rotatable bonds is 5. The summed E-state index contributed by atoms with van der Waals surface area (Å²) in [4.78, 5) is 0. The summed E-state index contributed by atoms with van der Waals surface area (Å²) in [7, 11) is 0. The molecule has 24 heavy (non-hydrogen) atoms. The van der Waals surface area contributed by atoms with Crippen LogP contribution in [0.3, 0.4) is 0 Å². The molecule has 0 unspecified atom stereocenters. The molecule has 0 aliphatic heterocycles. The molecular formula is C23H20O. The lowest BCUT2D eigenvalue weighted by molar-refractivity contribution is 0.515. The Morgan fingerprint density at radius 2 is 1.38 bits per heavy atom. The predicted molar refractivity (Wildman–Crippen MR) is 102 cm³/mol. The molecule has 0 amide bonds. The lowest BCUT2D eigenvalue weighted by atomic mass is 10.1. The van der Waals surface area contributed by atoms with Gasteiger partial charge in [0.15, 0.2) is 0 Å².